The monoisotopic (exact) mass is 148 g/mol. The summed E-state index contributed by atoms with van der Waals surface area (Å²) in [7, 11) is 0. The van der Waals surface area contributed by atoms with Gasteiger partial charge in [0.25, 0.3) is 0 Å². The average Bonchev–Trinajstić information content (AvgIpc) is 2.05. The molecule has 0 unspecified atom stereocenters. The zero-order chi connectivity index (χ0) is 8.27. The maximum Gasteiger partial charge on any atom is 0.0344 e. The fourth-order valence-electron chi connectivity index (χ4n) is 0.842. The van der Waals surface area contributed by atoms with Gasteiger partial charge in [0.05, 0.1) is 0 Å². The first-order chi connectivity index (χ1) is 5.24. The molecule has 2 heteroatoms. The molecule has 0 saturated carbocycles. The van der Waals surface area contributed by atoms with Gasteiger partial charge in [0.1, 0.15) is 0 Å². The molecule has 0 aromatic heterocycles. The van der Waals surface area contributed by atoms with Gasteiger partial charge in [0.2, 0.25) is 0 Å². The Morgan fingerprint density at radius 1 is 1.27 bits per heavy atom. The van der Waals surface area contributed by atoms with Crippen molar-refractivity contribution in [1.82, 2.24) is 0 Å². The van der Waals surface area contributed by atoms with Crippen molar-refractivity contribution in [1.29, 1.82) is 0 Å². The first kappa shape index (κ1) is 7.66. The van der Waals surface area contributed by atoms with Crippen LogP contribution in [0.1, 0.15) is 12.5 Å². The number of nitrogen functional groups attached to an aromatic ring is 1. The third kappa shape index (κ3) is 1.74. The molecule has 58 valence electrons. The van der Waals surface area contributed by atoms with Crippen molar-refractivity contribution in [3.8, 4) is 0 Å². The van der Waals surface area contributed by atoms with E-state index in [2.05, 4.69) is 0 Å². The fourth-order valence-corrected chi connectivity index (χ4v) is 0.842. The third-order valence-corrected chi connectivity index (χ3v) is 1.56. The van der Waals surface area contributed by atoms with E-state index in [4.69, 9.17) is 11.5 Å². The van der Waals surface area contributed by atoms with E-state index in [1.54, 1.807) is 0 Å². The minimum atomic E-state index is 0.762. The van der Waals surface area contributed by atoms with E-state index in [0.717, 1.165) is 16.9 Å². The highest BCUT2D eigenvalue weighted by atomic mass is 14.6. The number of rotatable bonds is 1. The van der Waals surface area contributed by atoms with Crippen LogP contribution < -0.4 is 11.5 Å². The number of hydrogen-bond acceptors (Lipinski definition) is 2. The van der Waals surface area contributed by atoms with E-state index in [1.807, 2.05) is 37.3 Å². The largest absolute Gasteiger partial charge is 0.399 e. The van der Waals surface area contributed by atoms with Gasteiger partial charge < -0.3 is 11.5 Å². The van der Waals surface area contributed by atoms with Crippen LogP contribution in [0.15, 0.2) is 30.3 Å². The molecule has 0 saturated heterocycles. The fraction of sp³-hybridized carbons (Fsp3) is 0.111. The second-order valence-corrected chi connectivity index (χ2v) is 2.37. The van der Waals surface area contributed by atoms with Crippen molar-refractivity contribution in [3.05, 3.63) is 35.9 Å². The van der Waals surface area contributed by atoms with Crippen molar-refractivity contribution < 1.29 is 0 Å². The van der Waals surface area contributed by atoms with Gasteiger partial charge in [-0.2, -0.15) is 0 Å². The summed E-state index contributed by atoms with van der Waals surface area (Å²) in [6.07, 6.45) is 1.87. The minimum Gasteiger partial charge on any atom is -0.399 e. The number of anilines is 1. The minimum absolute atomic E-state index is 0.762. The van der Waals surface area contributed by atoms with Crippen molar-refractivity contribution in [2.75, 3.05) is 5.73 Å². The van der Waals surface area contributed by atoms with Gasteiger partial charge in [0, 0.05) is 11.4 Å². The summed E-state index contributed by atoms with van der Waals surface area (Å²) in [5.41, 5.74) is 13.7. The summed E-state index contributed by atoms with van der Waals surface area (Å²) in [4.78, 5) is 0. The molecule has 0 heterocycles. The topological polar surface area (TPSA) is 52.0 Å². The predicted octanol–water partition coefficient (Wildman–Crippen LogP) is 1.59. The molecule has 4 N–H and O–H groups in total. The second kappa shape index (κ2) is 3.10. The Labute approximate surface area is 66.5 Å². The molecule has 0 fully saturated rings. The first-order valence-corrected chi connectivity index (χ1v) is 3.51. The van der Waals surface area contributed by atoms with Gasteiger partial charge in [-0.15, -0.1) is 0 Å². The van der Waals surface area contributed by atoms with Gasteiger partial charge in [-0.05, 0) is 24.6 Å². The molecule has 0 bridgehead atoms. The van der Waals surface area contributed by atoms with Crippen LogP contribution in [0.5, 0.6) is 0 Å². The van der Waals surface area contributed by atoms with Gasteiger partial charge in [-0.1, -0.05) is 18.2 Å². The molecule has 2 nitrogen and oxygen atoms in total. The summed E-state index contributed by atoms with van der Waals surface area (Å²) in [6.45, 7) is 1.91. The molecule has 1 rings (SSSR count). The molecule has 0 aliphatic rings. The quantitative estimate of drug-likeness (QED) is 0.594. The lowest BCUT2D eigenvalue weighted by molar-refractivity contribution is 1.49. The smallest absolute Gasteiger partial charge is 0.0344 e. The lowest BCUT2D eigenvalue weighted by Gasteiger charge is -1.99. The van der Waals surface area contributed by atoms with Crippen LogP contribution >= 0.6 is 0 Å². The van der Waals surface area contributed by atoms with Crippen LogP contribution in [-0.4, -0.2) is 0 Å². The maximum atomic E-state index is 5.66. The Morgan fingerprint density at radius 2 is 1.82 bits per heavy atom. The van der Waals surface area contributed by atoms with Crippen LogP contribution in [0.25, 0.3) is 5.70 Å². The summed E-state index contributed by atoms with van der Waals surface area (Å²) in [5.74, 6) is 0. The van der Waals surface area contributed by atoms with Crippen LogP contribution in [-0.2, 0) is 0 Å². The number of hydrogen-bond donors (Lipinski definition) is 2. The number of allylic oxidation sites excluding steroid dienone is 1. The Balaban J connectivity index is 2.99. The van der Waals surface area contributed by atoms with E-state index in [1.165, 1.54) is 0 Å². The van der Waals surface area contributed by atoms with Crippen LogP contribution in [0.4, 0.5) is 5.69 Å². The molecule has 0 aliphatic heterocycles. The Bertz CT molecular complexity index is 259. The molecule has 0 spiro atoms. The normalized spacial score (nSPS) is 11.5. The molecule has 1 aromatic rings. The molecule has 0 radical (unpaired) electrons. The summed E-state index contributed by atoms with van der Waals surface area (Å²) >= 11 is 0. The zero-order valence-corrected chi connectivity index (χ0v) is 6.54. The van der Waals surface area contributed by atoms with E-state index in [9.17, 15) is 0 Å². The number of nitrogens with two attached hydrogens (primary N) is 2. The first-order valence-electron chi connectivity index (χ1n) is 3.51. The molecule has 0 atom stereocenters. The van der Waals surface area contributed by atoms with Crippen molar-refractivity contribution >= 4 is 11.4 Å². The van der Waals surface area contributed by atoms with Crippen LogP contribution in [0.3, 0.4) is 0 Å². The van der Waals surface area contributed by atoms with Gasteiger partial charge in [0.15, 0.2) is 0 Å². The highest BCUT2D eigenvalue weighted by molar-refractivity contribution is 5.63. The highest BCUT2D eigenvalue weighted by Gasteiger charge is 1.92. The van der Waals surface area contributed by atoms with E-state index < -0.39 is 0 Å². The van der Waals surface area contributed by atoms with E-state index >= 15 is 0 Å². The molecule has 1 aromatic carbocycles. The van der Waals surface area contributed by atoms with Crippen molar-refractivity contribution in [2.45, 2.75) is 6.92 Å². The third-order valence-electron chi connectivity index (χ3n) is 1.56. The Hall–Kier alpha value is -1.44. The lowest BCUT2D eigenvalue weighted by Crippen LogP contribution is -1.95. The van der Waals surface area contributed by atoms with Gasteiger partial charge >= 0.3 is 0 Å². The van der Waals surface area contributed by atoms with Gasteiger partial charge in [-0.3, -0.25) is 0 Å². The summed E-state index contributed by atoms with van der Waals surface area (Å²) in [6, 6.07) is 7.49. The van der Waals surface area contributed by atoms with E-state index in [0.29, 0.717) is 0 Å². The zero-order valence-electron chi connectivity index (χ0n) is 6.54. The SMILES string of the molecule is C/C=C(\N)c1ccc(N)cc1. The second-order valence-electron chi connectivity index (χ2n) is 2.37. The van der Waals surface area contributed by atoms with Crippen molar-refractivity contribution in [2.24, 2.45) is 5.73 Å². The highest BCUT2D eigenvalue weighted by Crippen LogP contribution is 2.10. The maximum absolute atomic E-state index is 5.66. The molecule has 11 heavy (non-hydrogen) atoms. The molecular formula is C9H12N2. The average molecular weight is 148 g/mol. The summed E-state index contributed by atoms with van der Waals surface area (Å²) < 4.78 is 0. The van der Waals surface area contributed by atoms with Crippen LogP contribution in [0.2, 0.25) is 0 Å². The molecule has 0 amide bonds. The molecule has 0 aliphatic carbocycles. The lowest BCUT2D eigenvalue weighted by atomic mass is 10.1. The van der Waals surface area contributed by atoms with Crippen molar-refractivity contribution in [3.63, 3.8) is 0 Å². The van der Waals surface area contributed by atoms with Crippen LogP contribution in [0, 0.1) is 0 Å². The standard InChI is InChI=1S/C9H12N2/c1-2-9(11)7-3-5-8(10)6-4-7/h2-6H,10-11H2,1H3/b9-2-. The Kier molecular flexibility index (Phi) is 2.16. The molecular weight excluding hydrogens is 136 g/mol. The summed E-state index contributed by atoms with van der Waals surface area (Å²) in [5, 5.41) is 0. The Morgan fingerprint density at radius 3 is 2.27 bits per heavy atom. The number of benzene rings is 1. The van der Waals surface area contributed by atoms with E-state index in [-0.39, 0.29) is 0 Å². The van der Waals surface area contributed by atoms with Gasteiger partial charge in [-0.25, -0.2) is 0 Å². The predicted molar refractivity (Wildman–Crippen MR) is 48.7 cm³/mol.